The molecule has 0 spiro atoms. The van der Waals surface area contributed by atoms with Gasteiger partial charge in [0.1, 0.15) is 13.2 Å². The number of quaternary nitrogens is 1. The molecule has 0 rings (SSSR count). The summed E-state index contributed by atoms with van der Waals surface area (Å²) >= 11 is 0. The van der Waals surface area contributed by atoms with Crippen molar-refractivity contribution < 1.29 is 32.9 Å². The summed E-state index contributed by atoms with van der Waals surface area (Å²) in [7, 11) is 1.57. The van der Waals surface area contributed by atoms with Gasteiger partial charge in [0.2, 0.25) is 5.91 Å². The predicted octanol–water partition coefficient (Wildman–Crippen LogP) is 15.4. The van der Waals surface area contributed by atoms with Crippen LogP contribution in [0.3, 0.4) is 0 Å². The molecule has 0 aromatic carbocycles. The third kappa shape index (κ3) is 48.0. The number of carbonyl (C=O) groups is 1. The highest BCUT2D eigenvalue weighted by Crippen LogP contribution is 2.43. The van der Waals surface area contributed by atoms with Crippen LogP contribution in [0.2, 0.25) is 0 Å². The van der Waals surface area contributed by atoms with Crippen LogP contribution in [-0.2, 0) is 18.4 Å². The summed E-state index contributed by atoms with van der Waals surface area (Å²) in [4.78, 5) is 23.2. The van der Waals surface area contributed by atoms with Gasteiger partial charge in [0.05, 0.1) is 39.9 Å². The monoisotopic (exact) mass is 906 g/mol. The van der Waals surface area contributed by atoms with E-state index in [0.717, 1.165) is 64.2 Å². The Balaban J connectivity index is 4.11. The number of aliphatic hydroxyl groups excluding tert-OH is 1. The second-order valence-corrected chi connectivity index (χ2v) is 20.3. The summed E-state index contributed by atoms with van der Waals surface area (Å²) in [5.74, 6) is -0.179. The highest BCUT2D eigenvalue weighted by Gasteiger charge is 2.27. The van der Waals surface area contributed by atoms with E-state index in [1.165, 1.54) is 141 Å². The first-order chi connectivity index (χ1) is 30.5. The summed E-state index contributed by atoms with van der Waals surface area (Å²) < 4.78 is 23.6. The van der Waals surface area contributed by atoms with Gasteiger partial charge in [-0.25, -0.2) is 4.57 Å². The Morgan fingerprint density at radius 1 is 0.556 bits per heavy atom. The molecule has 3 N–H and O–H groups in total. The number of phosphoric acid groups is 1. The van der Waals surface area contributed by atoms with E-state index in [1.807, 2.05) is 27.2 Å². The number of hydrogen-bond donors (Lipinski definition) is 3. The molecule has 3 atom stereocenters. The lowest BCUT2D eigenvalue weighted by atomic mass is 10.0. The zero-order valence-corrected chi connectivity index (χ0v) is 42.7. The average Bonchev–Trinajstić information content (AvgIpc) is 3.24. The van der Waals surface area contributed by atoms with Crippen LogP contribution in [0.4, 0.5) is 0 Å². The normalized spacial score (nSPS) is 14.6. The summed E-state index contributed by atoms with van der Waals surface area (Å²) in [6.45, 7) is 4.70. The molecule has 9 heteroatoms. The van der Waals surface area contributed by atoms with E-state index in [9.17, 15) is 19.4 Å². The van der Waals surface area contributed by atoms with Crippen molar-refractivity contribution in [3.8, 4) is 0 Å². The van der Waals surface area contributed by atoms with Crippen LogP contribution in [-0.4, -0.2) is 73.4 Å². The average molecular weight is 906 g/mol. The zero-order valence-electron chi connectivity index (χ0n) is 41.8. The maximum Gasteiger partial charge on any atom is 0.472 e. The van der Waals surface area contributed by atoms with Crippen LogP contribution < -0.4 is 5.32 Å². The van der Waals surface area contributed by atoms with Crippen molar-refractivity contribution in [2.75, 3.05) is 40.9 Å². The van der Waals surface area contributed by atoms with E-state index in [4.69, 9.17) is 9.05 Å². The van der Waals surface area contributed by atoms with Crippen LogP contribution in [0.5, 0.6) is 0 Å². The molecule has 8 nitrogen and oxygen atoms in total. The Morgan fingerprint density at radius 2 is 0.952 bits per heavy atom. The molecule has 0 saturated carbocycles. The number of amides is 1. The molecule has 0 saturated heterocycles. The topological polar surface area (TPSA) is 105 Å². The van der Waals surface area contributed by atoms with Crippen molar-refractivity contribution in [3.05, 3.63) is 60.8 Å². The van der Waals surface area contributed by atoms with Gasteiger partial charge in [-0.3, -0.25) is 13.8 Å². The molecule has 0 radical (unpaired) electrons. The molecule has 0 bridgehead atoms. The van der Waals surface area contributed by atoms with Crippen LogP contribution in [0, 0.1) is 0 Å². The first-order valence-electron chi connectivity index (χ1n) is 26.2. The molecule has 1 amide bonds. The van der Waals surface area contributed by atoms with E-state index < -0.39 is 20.0 Å². The Bertz CT molecular complexity index is 1210. The molecular formula is C54H102N2O6P+. The third-order valence-corrected chi connectivity index (χ3v) is 12.5. The number of nitrogens with zero attached hydrogens (tertiary/aromatic N) is 1. The largest absolute Gasteiger partial charge is 0.472 e. The Hall–Kier alpha value is -1.80. The van der Waals surface area contributed by atoms with Crippen molar-refractivity contribution in [2.24, 2.45) is 0 Å². The summed E-state index contributed by atoms with van der Waals surface area (Å²) in [5.41, 5.74) is 0. The number of unbranched alkanes of at least 4 members (excludes halogenated alkanes) is 26. The van der Waals surface area contributed by atoms with E-state index in [-0.39, 0.29) is 19.1 Å². The minimum Gasteiger partial charge on any atom is -0.387 e. The standard InChI is InChI=1S/C54H101N2O6P/c1-6-8-10-12-14-16-18-20-21-22-23-24-25-26-27-28-29-30-31-32-33-34-35-36-38-40-42-44-46-48-54(58)55-52(51-62-63(59,60)61-50-49-56(3,4)5)53(57)47-45-43-41-39-37-19-17-15-13-11-9-7-2/h8,10,14,16,20-21,23-24,45,47,52-53,57H,6-7,9,11-13,15,17-19,22,25-44,46,48-51H2,1-5H3,(H-,55,58,59,60)/p+1/b10-8-,16-14-,21-20-,24-23-,47-45+. The molecule has 0 aliphatic rings. The van der Waals surface area contributed by atoms with Gasteiger partial charge in [0, 0.05) is 6.42 Å². The number of carbonyl (C=O) groups excluding carboxylic acids is 1. The highest BCUT2D eigenvalue weighted by molar-refractivity contribution is 7.47. The van der Waals surface area contributed by atoms with Crippen LogP contribution >= 0.6 is 7.82 Å². The molecule has 0 aliphatic heterocycles. The number of hydrogen-bond acceptors (Lipinski definition) is 5. The Morgan fingerprint density at radius 3 is 1.40 bits per heavy atom. The van der Waals surface area contributed by atoms with Gasteiger partial charge >= 0.3 is 7.82 Å². The number of nitrogens with one attached hydrogen (secondary N) is 1. The summed E-state index contributed by atoms with van der Waals surface area (Å²) in [6.07, 6.45) is 60.2. The van der Waals surface area contributed by atoms with E-state index in [1.54, 1.807) is 6.08 Å². The minimum absolute atomic E-state index is 0.0607. The van der Waals surface area contributed by atoms with Gasteiger partial charge < -0.3 is 19.8 Å². The lowest BCUT2D eigenvalue weighted by Crippen LogP contribution is -2.45. The minimum atomic E-state index is -4.34. The highest BCUT2D eigenvalue weighted by atomic mass is 31.2. The Labute approximate surface area is 390 Å². The summed E-state index contributed by atoms with van der Waals surface area (Å²) in [6, 6.07) is -0.846. The molecule has 0 heterocycles. The van der Waals surface area contributed by atoms with Crippen molar-refractivity contribution >= 4 is 13.7 Å². The fourth-order valence-corrected chi connectivity index (χ4v) is 8.12. The van der Waals surface area contributed by atoms with Gasteiger partial charge in [-0.15, -0.1) is 0 Å². The maximum absolute atomic E-state index is 12.9. The van der Waals surface area contributed by atoms with E-state index in [0.29, 0.717) is 17.4 Å². The summed E-state index contributed by atoms with van der Waals surface area (Å²) in [5, 5.41) is 13.9. The molecule has 3 unspecified atom stereocenters. The second kappa shape index (κ2) is 45.4. The lowest BCUT2D eigenvalue weighted by molar-refractivity contribution is -0.870. The Kier molecular flexibility index (Phi) is 44.1. The molecule has 63 heavy (non-hydrogen) atoms. The fourth-order valence-electron chi connectivity index (χ4n) is 7.39. The number of aliphatic hydroxyl groups is 1. The van der Waals surface area contributed by atoms with Crippen molar-refractivity contribution in [2.45, 2.75) is 238 Å². The first-order valence-corrected chi connectivity index (χ1v) is 27.7. The number of phosphoric ester groups is 1. The number of rotatable bonds is 47. The fraction of sp³-hybridized carbons (Fsp3) is 0.796. The lowest BCUT2D eigenvalue weighted by Gasteiger charge is -2.25. The van der Waals surface area contributed by atoms with Crippen LogP contribution in [0.25, 0.3) is 0 Å². The molecule has 0 fully saturated rings. The molecule has 368 valence electrons. The third-order valence-electron chi connectivity index (χ3n) is 11.5. The first kappa shape index (κ1) is 61.2. The smallest absolute Gasteiger partial charge is 0.387 e. The number of likely N-dealkylation sites (N-methyl/N-ethyl adjacent to an activating group) is 1. The molecule has 0 aliphatic carbocycles. The van der Waals surface area contributed by atoms with Gasteiger partial charge in [-0.05, 0) is 57.8 Å². The van der Waals surface area contributed by atoms with Crippen LogP contribution in [0.1, 0.15) is 226 Å². The predicted molar refractivity (Wildman–Crippen MR) is 272 cm³/mol. The van der Waals surface area contributed by atoms with Gasteiger partial charge in [-0.2, -0.15) is 0 Å². The van der Waals surface area contributed by atoms with Gasteiger partial charge in [0.15, 0.2) is 0 Å². The van der Waals surface area contributed by atoms with Gasteiger partial charge in [0.25, 0.3) is 0 Å². The van der Waals surface area contributed by atoms with Gasteiger partial charge in [-0.1, -0.05) is 222 Å². The van der Waals surface area contributed by atoms with Crippen LogP contribution in [0.15, 0.2) is 60.8 Å². The zero-order chi connectivity index (χ0) is 46.4. The number of allylic oxidation sites excluding steroid dienone is 9. The van der Waals surface area contributed by atoms with Crippen molar-refractivity contribution in [1.29, 1.82) is 0 Å². The molecular weight excluding hydrogens is 804 g/mol. The maximum atomic E-state index is 12.9. The molecule has 0 aromatic heterocycles. The van der Waals surface area contributed by atoms with E-state index in [2.05, 4.69) is 67.8 Å². The van der Waals surface area contributed by atoms with E-state index >= 15 is 0 Å². The quantitative estimate of drug-likeness (QED) is 0.0243. The SMILES string of the molecule is CC/C=C\C/C=C\C/C=C\C/C=C\CCCCCCCCCCCCCCCCCCC(=O)NC(COP(=O)(O)OCC[N+](C)(C)C)C(O)/C=C/CCCCCCCCCCCC. The van der Waals surface area contributed by atoms with Crippen molar-refractivity contribution in [3.63, 3.8) is 0 Å². The second-order valence-electron chi connectivity index (χ2n) is 18.9. The molecule has 0 aromatic rings. The van der Waals surface area contributed by atoms with Crippen molar-refractivity contribution in [1.82, 2.24) is 5.32 Å².